The minimum absolute atomic E-state index is 0.123. The number of hydrogen-bond acceptors (Lipinski definition) is 1. The number of aryl methyl sites for hydroxylation is 2. The summed E-state index contributed by atoms with van der Waals surface area (Å²) in [7, 11) is 0. The maximum atomic E-state index is 11.8. The van der Waals surface area contributed by atoms with Gasteiger partial charge < -0.3 is 5.32 Å². The third-order valence-electron chi connectivity index (χ3n) is 2.97. The van der Waals surface area contributed by atoms with Gasteiger partial charge in [-0.15, -0.1) is 0 Å². The summed E-state index contributed by atoms with van der Waals surface area (Å²) in [4.78, 5) is 11.8. The van der Waals surface area contributed by atoms with Crippen LogP contribution in [0.1, 0.15) is 44.2 Å². The number of anilines is 1. The number of benzene rings is 1. The molecule has 94 valence electrons. The van der Waals surface area contributed by atoms with Crippen LogP contribution >= 0.6 is 0 Å². The van der Waals surface area contributed by atoms with Crippen LogP contribution in [0.15, 0.2) is 18.2 Å². The Morgan fingerprint density at radius 1 is 1.35 bits per heavy atom. The standard InChI is InChI=1S/C15H23NO/c1-5-6-11(2)10-15(17)16-14-8-7-12(3)9-13(14)4/h7-9,11H,5-6,10H2,1-4H3,(H,16,17). The molecule has 1 unspecified atom stereocenters. The topological polar surface area (TPSA) is 29.1 Å². The van der Waals surface area contributed by atoms with E-state index in [1.165, 1.54) is 5.56 Å². The van der Waals surface area contributed by atoms with Crippen molar-refractivity contribution in [2.24, 2.45) is 5.92 Å². The SMILES string of the molecule is CCCC(C)CC(=O)Nc1ccc(C)cc1C. The van der Waals surface area contributed by atoms with E-state index in [0.29, 0.717) is 12.3 Å². The molecule has 0 aromatic heterocycles. The van der Waals surface area contributed by atoms with Gasteiger partial charge in [-0.25, -0.2) is 0 Å². The lowest BCUT2D eigenvalue weighted by Crippen LogP contribution is -2.15. The van der Waals surface area contributed by atoms with E-state index in [1.54, 1.807) is 0 Å². The lowest BCUT2D eigenvalue weighted by molar-refractivity contribution is -0.117. The second kappa shape index (κ2) is 6.43. The first-order chi connectivity index (χ1) is 8.02. The van der Waals surface area contributed by atoms with Crippen LogP contribution in [-0.2, 0) is 4.79 Å². The fraction of sp³-hybridized carbons (Fsp3) is 0.533. The van der Waals surface area contributed by atoms with Crippen LogP contribution in [0.25, 0.3) is 0 Å². The number of nitrogens with one attached hydrogen (secondary N) is 1. The molecular weight excluding hydrogens is 210 g/mol. The zero-order valence-electron chi connectivity index (χ0n) is 11.3. The second-order valence-corrected chi connectivity index (χ2v) is 4.96. The van der Waals surface area contributed by atoms with E-state index < -0.39 is 0 Å². The maximum Gasteiger partial charge on any atom is 0.224 e. The van der Waals surface area contributed by atoms with E-state index in [9.17, 15) is 4.79 Å². The number of hydrogen-bond donors (Lipinski definition) is 1. The van der Waals surface area contributed by atoms with Gasteiger partial charge >= 0.3 is 0 Å². The average molecular weight is 233 g/mol. The number of carbonyl (C=O) groups is 1. The zero-order valence-corrected chi connectivity index (χ0v) is 11.3. The van der Waals surface area contributed by atoms with Crippen LogP contribution in [-0.4, -0.2) is 5.91 Å². The van der Waals surface area contributed by atoms with E-state index in [1.807, 2.05) is 19.1 Å². The van der Waals surface area contributed by atoms with E-state index in [2.05, 4.69) is 32.2 Å². The third kappa shape index (κ3) is 4.59. The van der Waals surface area contributed by atoms with E-state index >= 15 is 0 Å². The van der Waals surface area contributed by atoms with Gasteiger partial charge in [0.05, 0.1) is 0 Å². The van der Waals surface area contributed by atoms with Gasteiger partial charge in [-0.3, -0.25) is 4.79 Å². The summed E-state index contributed by atoms with van der Waals surface area (Å²) in [6.45, 7) is 8.36. The molecule has 0 aliphatic carbocycles. The normalized spacial score (nSPS) is 12.2. The molecule has 2 heteroatoms. The molecule has 0 saturated heterocycles. The summed E-state index contributed by atoms with van der Waals surface area (Å²) in [6.07, 6.45) is 2.86. The van der Waals surface area contributed by atoms with Gasteiger partial charge in [0.15, 0.2) is 0 Å². The van der Waals surface area contributed by atoms with E-state index in [-0.39, 0.29) is 5.91 Å². The summed E-state index contributed by atoms with van der Waals surface area (Å²) >= 11 is 0. The summed E-state index contributed by atoms with van der Waals surface area (Å²) < 4.78 is 0. The van der Waals surface area contributed by atoms with Crippen molar-refractivity contribution in [3.8, 4) is 0 Å². The largest absolute Gasteiger partial charge is 0.326 e. The maximum absolute atomic E-state index is 11.8. The highest BCUT2D eigenvalue weighted by Crippen LogP contribution is 2.17. The molecule has 0 bridgehead atoms. The van der Waals surface area contributed by atoms with Gasteiger partial charge in [0, 0.05) is 12.1 Å². The molecule has 0 fully saturated rings. The Balaban J connectivity index is 2.56. The highest BCUT2D eigenvalue weighted by atomic mass is 16.1. The molecule has 1 atom stereocenters. The van der Waals surface area contributed by atoms with Crippen molar-refractivity contribution in [2.45, 2.75) is 47.0 Å². The monoisotopic (exact) mass is 233 g/mol. The van der Waals surface area contributed by atoms with Crippen LogP contribution in [0.5, 0.6) is 0 Å². The van der Waals surface area contributed by atoms with Crippen molar-refractivity contribution in [1.29, 1.82) is 0 Å². The van der Waals surface area contributed by atoms with Crippen LogP contribution < -0.4 is 5.32 Å². The number of rotatable bonds is 5. The van der Waals surface area contributed by atoms with Gasteiger partial charge in [0.25, 0.3) is 0 Å². The Kier molecular flexibility index (Phi) is 5.20. The third-order valence-corrected chi connectivity index (χ3v) is 2.97. The minimum Gasteiger partial charge on any atom is -0.326 e. The van der Waals surface area contributed by atoms with Crippen molar-refractivity contribution in [3.05, 3.63) is 29.3 Å². The van der Waals surface area contributed by atoms with Gasteiger partial charge in [0.1, 0.15) is 0 Å². The molecule has 0 spiro atoms. The molecule has 2 nitrogen and oxygen atoms in total. The smallest absolute Gasteiger partial charge is 0.224 e. The van der Waals surface area contributed by atoms with Crippen molar-refractivity contribution in [3.63, 3.8) is 0 Å². The quantitative estimate of drug-likeness (QED) is 0.816. The van der Waals surface area contributed by atoms with Gasteiger partial charge in [-0.2, -0.15) is 0 Å². The Bertz CT molecular complexity index is 385. The van der Waals surface area contributed by atoms with Crippen LogP contribution in [0, 0.1) is 19.8 Å². The van der Waals surface area contributed by atoms with Crippen molar-refractivity contribution in [1.82, 2.24) is 0 Å². The number of amides is 1. The van der Waals surface area contributed by atoms with E-state index in [4.69, 9.17) is 0 Å². The minimum atomic E-state index is 0.123. The van der Waals surface area contributed by atoms with Crippen LogP contribution in [0.2, 0.25) is 0 Å². The molecule has 0 aliphatic heterocycles. The lowest BCUT2D eigenvalue weighted by atomic mass is 10.0. The molecule has 1 amide bonds. The van der Waals surface area contributed by atoms with Crippen LogP contribution in [0.4, 0.5) is 5.69 Å². The summed E-state index contributed by atoms with van der Waals surface area (Å²) in [5.74, 6) is 0.587. The highest BCUT2D eigenvalue weighted by molar-refractivity contribution is 5.91. The van der Waals surface area contributed by atoms with Crippen molar-refractivity contribution < 1.29 is 4.79 Å². The molecule has 0 saturated carbocycles. The fourth-order valence-corrected chi connectivity index (χ4v) is 2.07. The van der Waals surface area contributed by atoms with Crippen molar-refractivity contribution in [2.75, 3.05) is 5.32 Å². The van der Waals surface area contributed by atoms with Gasteiger partial charge in [-0.05, 0) is 31.4 Å². The van der Waals surface area contributed by atoms with E-state index in [0.717, 1.165) is 24.1 Å². The molecule has 17 heavy (non-hydrogen) atoms. The first-order valence-corrected chi connectivity index (χ1v) is 6.40. The van der Waals surface area contributed by atoms with Gasteiger partial charge in [0.2, 0.25) is 5.91 Å². The fourth-order valence-electron chi connectivity index (χ4n) is 2.07. The average Bonchev–Trinajstić information content (AvgIpc) is 2.22. The lowest BCUT2D eigenvalue weighted by Gasteiger charge is -2.12. The van der Waals surface area contributed by atoms with Crippen molar-refractivity contribution >= 4 is 11.6 Å². The molecule has 1 N–H and O–H groups in total. The summed E-state index contributed by atoms with van der Waals surface area (Å²) in [5.41, 5.74) is 3.28. The summed E-state index contributed by atoms with van der Waals surface area (Å²) in [6, 6.07) is 6.09. The first-order valence-electron chi connectivity index (χ1n) is 6.40. The second-order valence-electron chi connectivity index (χ2n) is 4.96. The Hall–Kier alpha value is -1.31. The summed E-state index contributed by atoms with van der Waals surface area (Å²) in [5, 5.41) is 2.99. The Labute approximate surface area is 104 Å². The predicted octanol–water partition coefficient (Wildman–Crippen LogP) is 4.07. The van der Waals surface area contributed by atoms with Gasteiger partial charge in [-0.1, -0.05) is 44.4 Å². The molecule has 0 heterocycles. The molecule has 1 aromatic rings. The predicted molar refractivity (Wildman–Crippen MR) is 73.2 cm³/mol. The Morgan fingerprint density at radius 3 is 2.65 bits per heavy atom. The Morgan fingerprint density at radius 2 is 2.06 bits per heavy atom. The van der Waals surface area contributed by atoms with Crippen LogP contribution in [0.3, 0.4) is 0 Å². The number of carbonyl (C=O) groups excluding carboxylic acids is 1. The highest BCUT2D eigenvalue weighted by Gasteiger charge is 2.09. The molecule has 0 aliphatic rings. The first kappa shape index (κ1) is 13.8. The molecule has 1 aromatic carbocycles. The zero-order chi connectivity index (χ0) is 12.8. The molecule has 0 radical (unpaired) electrons. The molecule has 1 rings (SSSR count). The molecular formula is C15H23NO.